The van der Waals surface area contributed by atoms with Crippen molar-refractivity contribution >= 4 is 5.91 Å². The largest absolute Gasteiger partial charge is 0.394 e. The molecule has 1 amide bonds. The van der Waals surface area contributed by atoms with Crippen molar-refractivity contribution in [1.29, 1.82) is 0 Å². The topological polar surface area (TPSA) is 169 Å². The molecule has 8 atom stereocenters. The molecule has 1 rings (SSSR count). The number of allylic oxidation sites excluding steroid dienone is 5. The average Bonchev–Trinajstić information content (AvgIpc) is 3.17. The maximum Gasteiger partial charge on any atom is 0.249 e. The van der Waals surface area contributed by atoms with Crippen molar-refractivity contribution in [3.63, 3.8) is 0 Å². The van der Waals surface area contributed by atoms with Crippen molar-refractivity contribution in [2.75, 3.05) is 13.2 Å². The predicted molar refractivity (Wildman–Crippen MR) is 218 cm³/mol. The predicted octanol–water partition coefficient (Wildman–Crippen LogP) is 7.47. The van der Waals surface area contributed by atoms with Crippen LogP contribution in [0, 0.1) is 0 Å². The van der Waals surface area contributed by atoms with Crippen molar-refractivity contribution in [2.45, 2.75) is 223 Å². The van der Waals surface area contributed by atoms with Crippen LogP contribution in [0.15, 0.2) is 36.5 Å². The van der Waals surface area contributed by atoms with Crippen LogP contribution in [-0.2, 0) is 14.3 Å². The monoisotopic (exact) mass is 768 g/mol. The Labute approximate surface area is 328 Å². The summed E-state index contributed by atoms with van der Waals surface area (Å²) in [5.74, 6) is -0.630. The Morgan fingerprint density at radius 2 is 1.11 bits per heavy atom. The highest BCUT2D eigenvalue weighted by atomic mass is 16.7. The van der Waals surface area contributed by atoms with Gasteiger partial charge in [-0.3, -0.25) is 4.79 Å². The molecule has 1 aliphatic rings. The summed E-state index contributed by atoms with van der Waals surface area (Å²) < 4.78 is 11.1. The first-order chi connectivity index (χ1) is 26.3. The Balaban J connectivity index is 2.48. The summed E-state index contributed by atoms with van der Waals surface area (Å²) in [6.45, 7) is 3.55. The molecule has 54 heavy (non-hydrogen) atoms. The number of amides is 1. The molecule has 1 heterocycles. The van der Waals surface area contributed by atoms with E-state index in [1.165, 1.54) is 89.9 Å². The molecule has 1 saturated heterocycles. The van der Waals surface area contributed by atoms with Crippen molar-refractivity contribution in [2.24, 2.45) is 0 Å². The molecule has 0 spiro atoms. The van der Waals surface area contributed by atoms with Crippen LogP contribution in [0.1, 0.15) is 174 Å². The van der Waals surface area contributed by atoms with Crippen LogP contribution in [0.4, 0.5) is 0 Å². The number of hydrogen-bond donors (Lipinski definition) is 7. The first-order valence-electron chi connectivity index (χ1n) is 21.8. The van der Waals surface area contributed by atoms with Gasteiger partial charge < -0.3 is 45.4 Å². The molecular weight excluding hydrogens is 686 g/mol. The zero-order valence-electron chi connectivity index (χ0n) is 34.1. The normalized spacial score (nSPS) is 22.4. The smallest absolute Gasteiger partial charge is 0.249 e. The third-order valence-corrected chi connectivity index (χ3v) is 10.3. The van der Waals surface area contributed by atoms with Gasteiger partial charge in [-0.2, -0.15) is 0 Å². The molecule has 0 radical (unpaired) electrons. The summed E-state index contributed by atoms with van der Waals surface area (Å²) in [6, 6.07) is -0.985. The third kappa shape index (κ3) is 24.8. The van der Waals surface area contributed by atoms with Crippen molar-refractivity contribution < 1.29 is 44.9 Å². The van der Waals surface area contributed by atoms with Gasteiger partial charge in [0.2, 0.25) is 5.91 Å². The van der Waals surface area contributed by atoms with Crippen LogP contribution >= 0.6 is 0 Å². The molecule has 1 aliphatic heterocycles. The van der Waals surface area contributed by atoms with Crippen molar-refractivity contribution in [3.05, 3.63) is 36.5 Å². The van der Waals surface area contributed by atoms with E-state index in [2.05, 4.69) is 43.5 Å². The standard InChI is InChI=1S/C44H81NO9/c1-3-5-7-9-11-13-15-17-19-21-22-24-26-28-30-32-37(47)36(35-53-44-42(51)41(50)40(49)39(34-46)54-44)45-43(52)38(48)33-31-29-27-25-23-20-18-16-14-12-10-8-6-4-2/h12,14,16,18,30,32,36-42,44,46-51H,3-11,13,15,17,19-29,31,33-35H2,1-2H3,(H,45,52)/b14-12-,18-16-,32-30+. The molecule has 316 valence electrons. The minimum Gasteiger partial charge on any atom is -0.394 e. The van der Waals surface area contributed by atoms with Crippen LogP contribution in [0.3, 0.4) is 0 Å². The van der Waals surface area contributed by atoms with Crippen LogP contribution in [-0.4, -0.2) is 98.7 Å². The fourth-order valence-corrected chi connectivity index (χ4v) is 6.68. The zero-order chi connectivity index (χ0) is 39.7. The zero-order valence-corrected chi connectivity index (χ0v) is 34.1. The molecule has 0 saturated carbocycles. The lowest BCUT2D eigenvalue weighted by Gasteiger charge is -2.40. The summed E-state index contributed by atoms with van der Waals surface area (Å²) in [7, 11) is 0. The molecule has 1 fully saturated rings. The van der Waals surface area contributed by atoms with Gasteiger partial charge in [0, 0.05) is 0 Å². The number of ether oxygens (including phenoxy) is 2. The average molecular weight is 768 g/mol. The van der Waals surface area contributed by atoms with Crippen LogP contribution in [0.25, 0.3) is 0 Å². The summed E-state index contributed by atoms with van der Waals surface area (Å²) in [5.41, 5.74) is 0. The van der Waals surface area contributed by atoms with Gasteiger partial charge in [-0.1, -0.05) is 166 Å². The maximum atomic E-state index is 13.0. The van der Waals surface area contributed by atoms with Crippen molar-refractivity contribution in [3.8, 4) is 0 Å². The molecule has 0 bridgehead atoms. The summed E-state index contributed by atoms with van der Waals surface area (Å²) in [4.78, 5) is 13.0. The van der Waals surface area contributed by atoms with Gasteiger partial charge in [-0.15, -0.1) is 0 Å². The number of rotatable bonds is 35. The van der Waals surface area contributed by atoms with Crippen LogP contribution in [0.5, 0.6) is 0 Å². The molecule has 0 aromatic rings. The van der Waals surface area contributed by atoms with Crippen molar-refractivity contribution in [1.82, 2.24) is 5.32 Å². The minimum atomic E-state index is -1.61. The van der Waals surface area contributed by atoms with E-state index in [-0.39, 0.29) is 6.61 Å². The van der Waals surface area contributed by atoms with Gasteiger partial charge in [0.25, 0.3) is 0 Å². The first kappa shape index (κ1) is 50.4. The number of carbonyl (C=O) groups is 1. The number of aliphatic hydroxyl groups excluding tert-OH is 6. The van der Waals surface area contributed by atoms with E-state index in [1.54, 1.807) is 6.08 Å². The highest BCUT2D eigenvalue weighted by Gasteiger charge is 2.44. The summed E-state index contributed by atoms with van der Waals surface area (Å²) >= 11 is 0. The first-order valence-corrected chi connectivity index (χ1v) is 21.8. The van der Waals surface area contributed by atoms with E-state index >= 15 is 0 Å². The molecule has 7 N–H and O–H groups in total. The highest BCUT2D eigenvalue weighted by molar-refractivity contribution is 5.80. The van der Waals surface area contributed by atoms with E-state index in [1.807, 2.05) is 6.08 Å². The molecular formula is C44H81NO9. The van der Waals surface area contributed by atoms with E-state index in [0.29, 0.717) is 12.8 Å². The fraction of sp³-hybridized carbons (Fsp3) is 0.841. The summed E-state index contributed by atoms with van der Waals surface area (Å²) in [6.07, 6.45) is 30.8. The molecule has 8 unspecified atom stereocenters. The Kier molecular flexibility index (Phi) is 32.3. The van der Waals surface area contributed by atoms with Gasteiger partial charge in [-0.25, -0.2) is 0 Å². The van der Waals surface area contributed by atoms with Gasteiger partial charge in [0.15, 0.2) is 6.29 Å². The van der Waals surface area contributed by atoms with Gasteiger partial charge >= 0.3 is 0 Å². The second kappa shape index (κ2) is 34.6. The Morgan fingerprint density at radius 1 is 0.648 bits per heavy atom. The quantitative estimate of drug-likeness (QED) is 0.0197. The highest BCUT2D eigenvalue weighted by Crippen LogP contribution is 2.22. The van der Waals surface area contributed by atoms with E-state index in [0.717, 1.165) is 57.8 Å². The van der Waals surface area contributed by atoms with Crippen LogP contribution < -0.4 is 5.32 Å². The lowest BCUT2D eigenvalue weighted by molar-refractivity contribution is -0.302. The number of nitrogens with one attached hydrogen (secondary N) is 1. The number of hydrogen-bond acceptors (Lipinski definition) is 9. The molecule has 0 aromatic heterocycles. The van der Waals surface area contributed by atoms with E-state index < -0.39 is 61.5 Å². The lowest BCUT2D eigenvalue weighted by atomic mass is 9.99. The number of carbonyl (C=O) groups excluding carboxylic acids is 1. The van der Waals surface area contributed by atoms with Crippen LogP contribution in [0.2, 0.25) is 0 Å². The van der Waals surface area contributed by atoms with Gasteiger partial charge in [0.05, 0.1) is 25.4 Å². The lowest BCUT2D eigenvalue weighted by Crippen LogP contribution is -2.60. The summed E-state index contributed by atoms with van der Waals surface area (Å²) in [5, 5.41) is 64.5. The Morgan fingerprint density at radius 3 is 1.65 bits per heavy atom. The van der Waals surface area contributed by atoms with Gasteiger partial charge in [0.1, 0.15) is 30.5 Å². The fourth-order valence-electron chi connectivity index (χ4n) is 6.68. The van der Waals surface area contributed by atoms with E-state index in [4.69, 9.17) is 9.47 Å². The number of unbranched alkanes of at least 4 members (excludes halogenated alkanes) is 21. The second-order valence-corrected chi connectivity index (χ2v) is 15.3. The van der Waals surface area contributed by atoms with Gasteiger partial charge in [-0.05, 0) is 44.9 Å². The Hall–Kier alpha value is -1.63. The second-order valence-electron chi connectivity index (χ2n) is 15.3. The molecule has 10 heteroatoms. The minimum absolute atomic E-state index is 0.292. The number of aliphatic hydroxyl groups is 6. The molecule has 10 nitrogen and oxygen atoms in total. The van der Waals surface area contributed by atoms with E-state index in [9.17, 15) is 35.4 Å². The SMILES string of the molecule is CCCCC/C=C\C=C/CCCCCCCC(O)C(=O)NC(COC1OC(CO)C(O)C(O)C1O)C(O)/C=C/CCCCCCCCCCCCCCC. The molecule has 0 aliphatic carbocycles. The Bertz CT molecular complexity index is 958. The molecule has 0 aromatic carbocycles. The maximum absolute atomic E-state index is 13.0. The third-order valence-electron chi connectivity index (χ3n) is 10.3.